The molecule has 0 heterocycles. The molecule has 0 N–H and O–H groups in total. The Kier molecular flexibility index (Phi) is 79.9. The van der Waals surface area contributed by atoms with Gasteiger partial charge in [0.25, 0.3) is 0 Å². The molecule has 0 aliphatic heterocycles. The van der Waals surface area contributed by atoms with Gasteiger partial charge in [-0.1, -0.05) is 0 Å². The molecule has 0 aromatic rings. The molecule has 0 saturated heterocycles. The Morgan fingerprint density at radius 2 is 1.25 bits per heavy atom. The zero-order chi connectivity index (χ0) is 2.00. The zero-order valence-corrected chi connectivity index (χ0v) is 2.47. The third-order valence-corrected chi connectivity index (χ3v) is 0. The second-order valence-electron chi connectivity index (χ2n) is 0. The molecule has 0 radical (unpaired) electrons. The van der Waals surface area contributed by atoms with E-state index in [0.29, 0.717) is 0 Å². The van der Waals surface area contributed by atoms with E-state index < -0.39 is 0 Å². The van der Waals surface area contributed by atoms with Gasteiger partial charge < -0.3 is 0 Å². The Morgan fingerprint density at radius 1 is 1.25 bits per heavy atom. The van der Waals surface area contributed by atoms with E-state index in [1.807, 2.05) is 0 Å². The molecule has 1 nitrogen and oxygen atoms in total. The molecule has 0 bridgehead atoms. The standard InChI is InChI=1S/Li.Na.O.Ti.2H. The number of rotatable bonds is 0. The van der Waals surface area contributed by atoms with Crippen LogP contribution in [0.15, 0.2) is 0 Å². The van der Waals surface area contributed by atoms with Gasteiger partial charge in [-0.15, -0.1) is 0 Å². The van der Waals surface area contributed by atoms with Gasteiger partial charge in [0.2, 0.25) is 0 Å². The van der Waals surface area contributed by atoms with Crippen LogP contribution in [0.25, 0.3) is 0 Å². The van der Waals surface area contributed by atoms with Gasteiger partial charge in [-0.2, -0.15) is 0 Å². The van der Waals surface area contributed by atoms with E-state index in [1.54, 1.807) is 0 Å². The van der Waals surface area contributed by atoms with Gasteiger partial charge in [0, 0.05) is 0 Å². The van der Waals surface area contributed by atoms with Crippen molar-refractivity contribution in [1.29, 1.82) is 0 Å². The zero-order valence-electron chi connectivity index (χ0n) is 0.908. The van der Waals surface area contributed by atoms with Crippen LogP contribution in [0.2, 0.25) is 0 Å². The summed E-state index contributed by atoms with van der Waals surface area (Å²) in [6.07, 6.45) is 0. The molecule has 0 aliphatic rings. The topological polar surface area (TPSA) is 17.1 Å². The van der Waals surface area contributed by atoms with Crippen LogP contribution in [0.5, 0.6) is 0 Å². The van der Waals surface area contributed by atoms with Crippen LogP contribution < -0.4 is 0 Å². The molecule has 4 heteroatoms. The molecule has 4 heavy (non-hydrogen) atoms. The fraction of sp³-hybridized carbons (Fsp3) is 0. The van der Waals surface area contributed by atoms with Crippen LogP contribution in [0.1, 0.15) is 0 Å². The van der Waals surface area contributed by atoms with Crippen LogP contribution in [-0.4, -0.2) is 48.4 Å². The van der Waals surface area contributed by atoms with Crippen molar-refractivity contribution >= 4 is 48.4 Å². The molecule has 0 saturated carbocycles. The minimum atomic E-state index is 0. The molecular formula is H2LiNaOTi. The number of hydrogen-bond acceptors (Lipinski definition) is 1. The van der Waals surface area contributed by atoms with Gasteiger partial charge in [0.15, 0.2) is 0 Å². The molecule has 0 spiro atoms. The van der Waals surface area contributed by atoms with Crippen LogP contribution in [0.3, 0.4) is 0 Å². The summed E-state index contributed by atoms with van der Waals surface area (Å²) in [6.45, 7) is 0. The Labute approximate surface area is 71.1 Å². The first-order valence-electron chi connectivity index (χ1n) is 0.204. The predicted molar refractivity (Wildman–Crippen MR) is 15.0 cm³/mol. The van der Waals surface area contributed by atoms with Crippen molar-refractivity contribution in [1.82, 2.24) is 0 Å². The van der Waals surface area contributed by atoms with E-state index in [1.165, 1.54) is 0 Å². The van der Waals surface area contributed by atoms with E-state index in [9.17, 15) is 0 Å². The second kappa shape index (κ2) is 19.4. The third-order valence-electron chi connectivity index (χ3n) is 0. The van der Waals surface area contributed by atoms with Gasteiger partial charge in [0.1, 0.15) is 0 Å². The summed E-state index contributed by atoms with van der Waals surface area (Å²) >= 11 is 0.750. The summed E-state index contributed by atoms with van der Waals surface area (Å²) in [5.41, 5.74) is 0. The van der Waals surface area contributed by atoms with Crippen molar-refractivity contribution in [3.8, 4) is 0 Å². The first-order valence-corrected chi connectivity index (χ1v) is 0.842. The predicted octanol–water partition coefficient (Wildman–Crippen LogP) is -1.42. The summed E-state index contributed by atoms with van der Waals surface area (Å²) in [7, 11) is 0. The van der Waals surface area contributed by atoms with E-state index >= 15 is 0 Å². The molecule has 0 amide bonds. The van der Waals surface area contributed by atoms with Crippen molar-refractivity contribution in [2.24, 2.45) is 0 Å². The fourth-order valence-corrected chi connectivity index (χ4v) is 0. The fourth-order valence-electron chi connectivity index (χ4n) is 0. The second-order valence-corrected chi connectivity index (χ2v) is 0. The Balaban J connectivity index is -0.00000000500. The summed E-state index contributed by atoms with van der Waals surface area (Å²) < 4.78 is 8.25. The number of hydrogen-bond donors (Lipinski definition) is 0. The third kappa shape index (κ3) is 8.93. The molecule has 14 valence electrons. The summed E-state index contributed by atoms with van der Waals surface area (Å²) in [5.74, 6) is 0. The van der Waals surface area contributed by atoms with Gasteiger partial charge >= 0.3 is 72.1 Å². The summed E-state index contributed by atoms with van der Waals surface area (Å²) in [5, 5.41) is 0. The first-order chi connectivity index (χ1) is 1.00. The summed E-state index contributed by atoms with van der Waals surface area (Å²) in [4.78, 5) is 0. The quantitative estimate of drug-likeness (QED) is 0.338. The SMILES string of the molecule is [LiH].[NaH].[O]=[Ti]. The van der Waals surface area contributed by atoms with Gasteiger partial charge in [-0.3, -0.25) is 0 Å². The minimum absolute atomic E-state index is 0. The molecule has 0 aromatic carbocycles. The Morgan fingerprint density at radius 3 is 1.25 bits per heavy atom. The average molecular weight is 95.8 g/mol. The Bertz CT molecular complexity index is 8.00. The Hall–Kier alpha value is 2.11. The van der Waals surface area contributed by atoms with Crippen LogP contribution in [0, 0.1) is 0 Å². The van der Waals surface area contributed by atoms with Crippen molar-refractivity contribution in [2.75, 3.05) is 0 Å². The van der Waals surface area contributed by atoms with Gasteiger partial charge in [0.05, 0.1) is 0 Å². The molecule has 0 fully saturated rings. The first kappa shape index (κ1) is 16.5. The van der Waals surface area contributed by atoms with E-state index in [2.05, 4.69) is 0 Å². The van der Waals surface area contributed by atoms with Crippen molar-refractivity contribution in [3.05, 3.63) is 0 Å². The molecule has 0 aromatic heterocycles. The van der Waals surface area contributed by atoms with Crippen molar-refractivity contribution in [2.45, 2.75) is 0 Å². The normalized spacial score (nSPS) is 0.750. The van der Waals surface area contributed by atoms with Crippen LogP contribution in [0.4, 0.5) is 0 Å². The summed E-state index contributed by atoms with van der Waals surface area (Å²) in [6, 6.07) is 0. The monoisotopic (exact) mass is 96.0 g/mol. The molecule has 0 aliphatic carbocycles. The van der Waals surface area contributed by atoms with E-state index in [-0.39, 0.29) is 48.4 Å². The van der Waals surface area contributed by atoms with Gasteiger partial charge in [-0.05, 0) is 0 Å². The maximum absolute atomic E-state index is 8.25. The van der Waals surface area contributed by atoms with Crippen LogP contribution >= 0.6 is 0 Å². The van der Waals surface area contributed by atoms with E-state index in [0.717, 1.165) is 20.4 Å². The van der Waals surface area contributed by atoms with E-state index in [4.69, 9.17) is 3.32 Å². The van der Waals surface area contributed by atoms with Gasteiger partial charge in [-0.25, -0.2) is 0 Å². The van der Waals surface area contributed by atoms with Crippen molar-refractivity contribution in [3.63, 3.8) is 0 Å². The average Bonchev–Trinajstić information content (AvgIpc) is 1.00. The van der Waals surface area contributed by atoms with Crippen LogP contribution in [-0.2, 0) is 23.7 Å². The molecule has 0 rings (SSSR count). The molecule has 0 unspecified atom stereocenters. The van der Waals surface area contributed by atoms with Crippen molar-refractivity contribution < 1.29 is 23.7 Å². The molecule has 0 atom stereocenters. The maximum atomic E-state index is 8.25. The molecular weight excluding hydrogens is 93.8 g/mol.